The quantitative estimate of drug-likeness (QED) is 0.749. The highest BCUT2D eigenvalue weighted by molar-refractivity contribution is 4.77. The summed E-state index contributed by atoms with van der Waals surface area (Å²) in [7, 11) is 0. The molecule has 15 heavy (non-hydrogen) atoms. The van der Waals surface area contributed by atoms with E-state index in [4.69, 9.17) is 19.9 Å². The molecule has 0 aromatic rings. The summed E-state index contributed by atoms with van der Waals surface area (Å²) in [6.07, 6.45) is 4.93. The number of ether oxygens (including phenoxy) is 3. The summed E-state index contributed by atoms with van der Waals surface area (Å²) in [4.78, 5) is 0. The minimum atomic E-state index is 0.0835. The zero-order valence-electron chi connectivity index (χ0n) is 9.19. The molecule has 4 nitrogen and oxygen atoms in total. The molecule has 2 saturated heterocycles. The Labute approximate surface area is 91.1 Å². The van der Waals surface area contributed by atoms with Gasteiger partial charge in [0.25, 0.3) is 0 Å². The van der Waals surface area contributed by atoms with Gasteiger partial charge < -0.3 is 19.9 Å². The van der Waals surface area contributed by atoms with Crippen LogP contribution in [0, 0.1) is 0 Å². The summed E-state index contributed by atoms with van der Waals surface area (Å²) < 4.78 is 16.5. The van der Waals surface area contributed by atoms with Crippen molar-refractivity contribution >= 4 is 0 Å². The molecular weight excluding hydrogens is 194 g/mol. The molecule has 2 fully saturated rings. The molecule has 4 heteroatoms. The van der Waals surface area contributed by atoms with E-state index in [1.54, 1.807) is 0 Å². The van der Waals surface area contributed by atoms with Gasteiger partial charge in [0.2, 0.25) is 0 Å². The van der Waals surface area contributed by atoms with Crippen molar-refractivity contribution in [3.8, 4) is 0 Å². The Bertz CT molecular complexity index is 177. The molecule has 88 valence electrons. The SMILES string of the molecule is NC(CCC1CCCO1)C1COCCO1. The third-order valence-corrected chi connectivity index (χ3v) is 3.17. The van der Waals surface area contributed by atoms with Gasteiger partial charge in [0.15, 0.2) is 0 Å². The first kappa shape index (κ1) is 11.3. The average Bonchev–Trinajstić information content (AvgIpc) is 2.80. The van der Waals surface area contributed by atoms with E-state index >= 15 is 0 Å². The molecule has 2 heterocycles. The summed E-state index contributed by atoms with van der Waals surface area (Å²) in [5.74, 6) is 0. The summed E-state index contributed by atoms with van der Waals surface area (Å²) in [5, 5.41) is 0. The van der Waals surface area contributed by atoms with Crippen LogP contribution in [0.1, 0.15) is 25.7 Å². The molecule has 0 aromatic carbocycles. The van der Waals surface area contributed by atoms with E-state index in [1.165, 1.54) is 12.8 Å². The summed E-state index contributed by atoms with van der Waals surface area (Å²) in [5.41, 5.74) is 6.07. The molecule has 0 spiro atoms. The second-order valence-corrected chi connectivity index (χ2v) is 4.36. The minimum Gasteiger partial charge on any atom is -0.378 e. The van der Waals surface area contributed by atoms with Crippen LogP contribution >= 0.6 is 0 Å². The number of nitrogens with two attached hydrogens (primary N) is 1. The summed E-state index contributed by atoms with van der Waals surface area (Å²) >= 11 is 0. The second kappa shape index (κ2) is 5.80. The Morgan fingerprint density at radius 3 is 2.80 bits per heavy atom. The Hall–Kier alpha value is -0.160. The van der Waals surface area contributed by atoms with Crippen molar-refractivity contribution in [2.24, 2.45) is 5.73 Å². The van der Waals surface area contributed by atoms with Crippen LogP contribution in [0.25, 0.3) is 0 Å². The van der Waals surface area contributed by atoms with Crippen molar-refractivity contribution < 1.29 is 14.2 Å². The Kier molecular flexibility index (Phi) is 4.38. The van der Waals surface area contributed by atoms with Gasteiger partial charge in [-0.2, -0.15) is 0 Å². The molecule has 3 atom stereocenters. The zero-order valence-corrected chi connectivity index (χ0v) is 9.19. The van der Waals surface area contributed by atoms with Gasteiger partial charge in [-0.1, -0.05) is 0 Å². The third kappa shape index (κ3) is 3.41. The Balaban J connectivity index is 1.64. The zero-order chi connectivity index (χ0) is 10.5. The number of hydrogen-bond donors (Lipinski definition) is 1. The maximum Gasteiger partial charge on any atom is 0.0960 e. The molecule has 0 aromatic heterocycles. The molecule has 0 amide bonds. The van der Waals surface area contributed by atoms with E-state index in [2.05, 4.69) is 0 Å². The first-order valence-corrected chi connectivity index (χ1v) is 5.93. The van der Waals surface area contributed by atoms with Crippen LogP contribution in [0.2, 0.25) is 0 Å². The smallest absolute Gasteiger partial charge is 0.0960 e. The fraction of sp³-hybridized carbons (Fsp3) is 1.00. The first-order chi connectivity index (χ1) is 7.36. The van der Waals surface area contributed by atoms with Crippen molar-refractivity contribution in [2.75, 3.05) is 26.4 Å². The van der Waals surface area contributed by atoms with Crippen LogP contribution in [-0.2, 0) is 14.2 Å². The molecule has 0 bridgehead atoms. The van der Waals surface area contributed by atoms with Crippen LogP contribution in [0.4, 0.5) is 0 Å². The standard InChI is InChI=1S/C11H21NO3/c12-10(11-8-13-6-7-15-11)4-3-9-2-1-5-14-9/h9-11H,1-8,12H2. The average molecular weight is 215 g/mol. The lowest BCUT2D eigenvalue weighted by Crippen LogP contribution is -2.43. The first-order valence-electron chi connectivity index (χ1n) is 5.93. The highest BCUT2D eigenvalue weighted by atomic mass is 16.6. The molecule has 3 unspecified atom stereocenters. The van der Waals surface area contributed by atoms with E-state index in [9.17, 15) is 0 Å². The van der Waals surface area contributed by atoms with Crippen molar-refractivity contribution in [3.05, 3.63) is 0 Å². The fourth-order valence-corrected chi connectivity index (χ4v) is 2.19. The van der Waals surface area contributed by atoms with Crippen molar-refractivity contribution in [3.63, 3.8) is 0 Å². The topological polar surface area (TPSA) is 53.7 Å². The van der Waals surface area contributed by atoms with Crippen molar-refractivity contribution in [1.29, 1.82) is 0 Å². The summed E-state index contributed by atoms with van der Waals surface area (Å²) in [6.45, 7) is 2.95. The van der Waals surface area contributed by atoms with Gasteiger partial charge >= 0.3 is 0 Å². The van der Waals surface area contributed by atoms with Gasteiger partial charge in [-0.25, -0.2) is 0 Å². The van der Waals surface area contributed by atoms with E-state index in [-0.39, 0.29) is 12.1 Å². The molecule has 2 N–H and O–H groups in total. The fourth-order valence-electron chi connectivity index (χ4n) is 2.19. The highest BCUT2D eigenvalue weighted by Gasteiger charge is 2.24. The lowest BCUT2D eigenvalue weighted by molar-refractivity contribution is -0.0985. The number of rotatable bonds is 4. The number of hydrogen-bond acceptors (Lipinski definition) is 4. The van der Waals surface area contributed by atoms with Crippen LogP contribution in [0.5, 0.6) is 0 Å². The summed E-state index contributed by atoms with van der Waals surface area (Å²) in [6, 6.07) is 0.0921. The molecule has 0 aliphatic carbocycles. The van der Waals surface area contributed by atoms with E-state index in [1.807, 2.05) is 0 Å². The second-order valence-electron chi connectivity index (χ2n) is 4.36. The van der Waals surface area contributed by atoms with Gasteiger partial charge in [-0.05, 0) is 25.7 Å². The molecule has 2 aliphatic heterocycles. The van der Waals surface area contributed by atoms with Crippen molar-refractivity contribution in [2.45, 2.75) is 43.9 Å². The predicted octanol–water partition coefficient (Wildman–Crippen LogP) is 0.688. The van der Waals surface area contributed by atoms with Crippen LogP contribution < -0.4 is 5.73 Å². The van der Waals surface area contributed by atoms with Gasteiger partial charge in [0, 0.05) is 12.6 Å². The predicted molar refractivity (Wildman–Crippen MR) is 56.7 cm³/mol. The maximum atomic E-state index is 6.07. The van der Waals surface area contributed by atoms with Crippen molar-refractivity contribution in [1.82, 2.24) is 0 Å². The van der Waals surface area contributed by atoms with E-state index < -0.39 is 0 Å². The Morgan fingerprint density at radius 1 is 1.20 bits per heavy atom. The lowest BCUT2D eigenvalue weighted by Gasteiger charge is -2.28. The third-order valence-electron chi connectivity index (χ3n) is 3.17. The largest absolute Gasteiger partial charge is 0.378 e. The maximum absolute atomic E-state index is 6.07. The van der Waals surface area contributed by atoms with Gasteiger partial charge in [0.1, 0.15) is 0 Å². The van der Waals surface area contributed by atoms with Gasteiger partial charge in [0.05, 0.1) is 32.0 Å². The van der Waals surface area contributed by atoms with E-state index in [0.29, 0.717) is 25.9 Å². The monoisotopic (exact) mass is 215 g/mol. The van der Waals surface area contributed by atoms with Crippen LogP contribution in [0.15, 0.2) is 0 Å². The molecule has 0 radical (unpaired) electrons. The molecule has 0 saturated carbocycles. The Morgan fingerprint density at radius 2 is 2.13 bits per heavy atom. The van der Waals surface area contributed by atoms with Crippen LogP contribution in [0.3, 0.4) is 0 Å². The van der Waals surface area contributed by atoms with E-state index in [0.717, 1.165) is 19.4 Å². The minimum absolute atomic E-state index is 0.0835. The van der Waals surface area contributed by atoms with Crippen LogP contribution in [-0.4, -0.2) is 44.7 Å². The normalized spacial score (nSPS) is 34.2. The highest BCUT2D eigenvalue weighted by Crippen LogP contribution is 2.19. The van der Waals surface area contributed by atoms with Gasteiger partial charge in [-0.15, -0.1) is 0 Å². The lowest BCUT2D eigenvalue weighted by atomic mass is 10.0. The molecular formula is C11H21NO3. The molecule has 2 aliphatic rings. The van der Waals surface area contributed by atoms with Gasteiger partial charge in [-0.3, -0.25) is 0 Å². The molecule has 2 rings (SSSR count).